The maximum atomic E-state index is 12.4. The molecular weight excluding hydrogens is 442 g/mol. The second-order valence-electron chi connectivity index (χ2n) is 8.40. The molecule has 0 radical (unpaired) electrons. The van der Waals surface area contributed by atoms with Crippen LogP contribution in [-0.2, 0) is 10.1 Å². The largest absolute Gasteiger partial charge is 0.431 e. The molecule has 3 saturated heterocycles. The zero-order valence-corrected chi connectivity index (χ0v) is 19.2. The third-order valence-corrected chi connectivity index (χ3v) is 6.91. The first-order valence-electron chi connectivity index (χ1n) is 10.9. The number of aromatic nitrogens is 1. The Labute approximate surface area is 193 Å². The minimum atomic E-state index is -4.02. The van der Waals surface area contributed by atoms with Crippen molar-refractivity contribution >= 4 is 16.0 Å². The first-order valence-corrected chi connectivity index (χ1v) is 12.3. The predicted octanol–water partition coefficient (Wildman–Crippen LogP) is 3.41. The van der Waals surface area contributed by atoms with E-state index >= 15 is 0 Å². The number of fused-ring (bicyclic) bond motifs is 3. The number of carbonyl (C=O) groups excluding carboxylic acids is 1. The average molecular weight is 470 g/mol. The van der Waals surface area contributed by atoms with Crippen LogP contribution in [0.5, 0.6) is 0 Å². The highest BCUT2D eigenvalue weighted by atomic mass is 32.2. The van der Waals surface area contributed by atoms with E-state index in [-0.39, 0.29) is 22.6 Å². The summed E-state index contributed by atoms with van der Waals surface area (Å²) in [5.74, 6) is 1.22. The lowest BCUT2D eigenvalue weighted by atomic mass is 9.84. The molecule has 0 aliphatic carbocycles. The molecule has 0 spiro atoms. The topological polar surface area (TPSA) is 113 Å². The highest BCUT2D eigenvalue weighted by Gasteiger charge is 2.35. The zero-order valence-electron chi connectivity index (χ0n) is 18.3. The fourth-order valence-electron chi connectivity index (χ4n) is 4.17. The number of aryl methyl sites for hydroxylation is 1. The Hall–Kier alpha value is -3.01. The molecule has 2 N–H and O–H groups in total. The zero-order chi connectivity index (χ0) is 23.4. The van der Waals surface area contributed by atoms with Crippen molar-refractivity contribution in [2.75, 3.05) is 19.6 Å². The van der Waals surface area contributed by atoms with E-state index in [0.717, 1.165) is 30.8 Å². The van der Waals surface area contributed by atoms with Crippen LogP contribution in [0.2, 0.25) is 0 Å². The monoisotopic (exact) mass is 469 g/mol. The van der Waals surface area contributed by atoms with Gasteiger partial charge in [0, 0.05) is 18.2 Å². The van der Waals surface area contributed by atoms with Gasteiger partial charge in [0.25, 0.3) is 16.0 Å². The molecule has 1 aromatic heterocycles. The van der Waals surface area contributed by atoms with E-state index in [9.17, 15) is 13.2 Å². The lowest BCUT2D eigenvalue weighted by Crippen LogP contribution is -2.57. The maximum absolute atomic E-state index is 12.4. The Bertz CT molecular complexity index is 1180. The molecule has 3 aliphatic heterocycles. The standard InChI is InChI=1S/C17H19N3O2.C7H8O3S/c21-16(19-14-11-20-8-6-12(14)7-9-20)15-10-18-17(22-15)13-4-2-1-3-5-13;1-6-2-4-7(5-3-6)11(8,9)10/h1-5,10,12,14H,6-9,11H2,(H,19,21);2-5H,1H3,(H,8,9,10)/t14-;/m0./s1. The van der Waals surface area contributed by atoms with Gasteiger partial charge in [0.1, 0.15) is 0 Å². The molecule has 174 valence electrons. The molecule has 1 atom stereocenters. The van der Waals surface area contributed by atoms with Gasteiger partial charge in [-0.25, -0.2) is 4.98 Å². The van der Waals surface area contributed by atoms with Crippen molar-refractivity contribution in [3.8, 4) is 11.5 Å². The van der Waals surface area contributed by atoms with Gasteiger partial charge in [0.15, 0.2) is 0 Å². The normalized spacial score (nSPS) is 21.7. The number of rotatable bonds is 4. The number of amides is 1. The van der Waals surface area contributed by atoms with Crippen molar-refractivity contribution in [3.05, 3.63) is 72.1 Å². The minimum Gasteiger partial charge on any atom is -0.431 e. The molecule has 0 unspecified atom stereocenters. The number of piperidine rings is 3. The first kappa shape index (κ1) is 23.2. The van der Waals surface area contributed by atoms with E-state index in [1.807, 2.05) is 37.3 Å². The Morgan fingerprint density at radius 3 is 2.33 bits per heavy atom. The van der Waals surface area contributed by atoms with Crippen LogP contribution in [-0.4, -0.2) is 54.4 Å². The quantitative estimate of drug-likeness (QED) is 0.563. The van der Waals surface area contributed by atoms with E-state index < -0.39 is 10.1 Å². The highest BCUT2D eigenvalue weighted by Crippen LogP contribution is 2.28. The molecule has 2 aromatic carbocycles. The van der Waals surface area contributed by atoms with Crippen molar-refractivity contribution in [2.24, 2.45) is 5.92 Å². The van der Waals surface area contributed by atoms with Gasteiger partial charge < -0.3 is 14.6 Å². The Balaban J connectivity index is 0.000000200. The molecule has 4 heterocycles. The maximum Gasteiger partial charge on any atom is 0.294 e. The summed E-state index contributed by atoms with van der Waals surface area (Å²) in [5.41, 5.74) is 1.83. The van der Waals surface area contributed by atoms with Gasteiger partial charge in [-0.3, -0.25) is 9.35 Å². The summed E-state index contributed by atoms with van der Waals surface area (Å²) in [6, 6.07) is 15.8. The van der Waals surface area contributed by atoms with Crippen LogP contribution in [0, 0.1) is 12.8 Å². The van der Waals surface area contributed by atoms with E-state index in [4.69, 9.17) is 8.97 Å². The van der Waals surface area contributed by atoms with Crippen molar-refractivity contribution in [2.45, 2.75) is 30.7 Å². The van der Waals surface area contributed by atoms with E-state index in [2.05, 4.69) is 15.2 Å². The summed E-state index contributed by atoms with van der Waals surface area (Å²) in [6.07, 6.45) is 3.87. The molecule has 8 nitrogen and oxygen atoms in total. The van der Waals surface area contributed by atoms with Crippen LogP contribution in [0.15, 0.2) is 70.1 Å². The Morgan fingerprint density at radius 2 is 1.76 bits per heavy atom. The summed E-state index contributed by atoms with van der Waals surface area (Å²) in [6.45, 7) is 5.12. The summed E-state index contributed by atoms with van der Waals surface area (Å²) >= 11 is 0. The number of nitrogens with zero attached hydrogens (tertiary/aromatic N) is 2. The SMILES string of the molecule is Cc1ccc(S(=O)(=O)O)cc1.O=C(N[C@H]1CN2CCC1CC2)c1cnc(-c2ccccc2)o1. The molecule has 3 aliphatic rings. The minimum absolute atomic E-state index is 0.0666. The molecule has 0 saturated carbocycles. The molecule has 2 bridgehead atoms. The Kier molecular flexibility index (Phi) is 6.92. The van der Waals surface area contributed by atoms with Gasteiger partial charge in [-0.05, 0) is 63.0 Å². The molecule has 1 amide bonds. The number of nitrogens with one attached hydrogen (secondary N) is 1. The Morgan fingerprint density at radius 1 is 1.09 bits per heavy atom. The molecule has 9 heteroatoms. The average Bonchev–Trinajstić information content (AvgIpc) is 3.31. The number of hydrogen-bond acceptors (Lipinski definition) is 6. The number of benzene rings is 2. The van der Waals surface area contributed by atoms with Gasteiger partial charge in [0.2, 0.25) is 11.7 Å². The van der Waals surface area contributed by atoms with E-state index in [1.54, 1.807) is 12.1 Å². The van der Waals surface area contributed by atoms with Gasteiger partial charge >= 0.3 is 0 Å². The van der Waals surface area contributed by atoms with Crippen LogP contribution < -0.4 is 5.32 Å². The molecule has 3 fully saturated rings. The first-order chi connectivity index (χ1) is 15.8. The van der Waals surface area contributed by atoms with Gasteiger partial charge in [-0.15, -0.1) is 0 Å². The second kappa shape index (κ2) is 9.86. The smallest absolute Gasteiger partial charge is 0.294 e. The number of carbonyl (C=O) groups is 1. The van der Waals surface area contributed by atoms with Crippen LogP contribution >= 0.6 is 0 Å². The van der Waals surface area contributed by atoms with Crippen LogP contribution in [0.3, 0.4) is 0 Å². The van der Waals surface area contributed by atoms with Crippen molar-refractivity contribution in [1.29, 1.82) is 0 Å². The van der Waals surface area contributed by atoms with E-state index in [0.29, 0.717) is 11.8 Å². The summed E-state index contributed by atoms with van der Waals surface area (Å²) in [5, 5.41) is 3.12. The summed E-state index contributed by atoms with van der Waals surface area (Å²) < 4.78 is 35.2. The van der Waals surface area contributed by atoms with Gasteiger partial charge in [-0.1, -0.05) is 35.9 Å². The summed E-state index contributed by atoms with van der Waals surface area (Å²) in [4.78, 5) is 18.9. The van der Waals surface area contributed by atoms with E-state index in [1.165, 1.54) is 31.2 Å². The molecule has 6 rings (SSSR count). The molecule has 33 heavy (non-hydrogen) atoms. The predicted molar refractivity (Wildman–Crippen MR) is 123 cm³/mol. The summed E-state index contributed by atoms with van der Waals surface area (Å²) in [7, 11) is -4.02. The number of hydrogen-bond donors (Lipinski definition) is 2. The highest BCUT2D eigenvalue weighted by molar-refractivity contribution is 7.85. The molecular formula is C24H27N3O5S. The fourth-order valence-corrected chi connectivity index (χ4v) is 4.65. The van der Waals surface area contributed by atoms with Crippen LogP contribution in [0.4, 0.5) is 0 Å². The third-order valence-electron chi connectivity index (χ3n) is 6.04. The van der Waals surface area contributed by atoms with Crippen molar-refractivity contribution < 1.29 is 22.2 Å². The van der Waals surface area contributed by atoms with Gasteiger partial charge in [0.05, 0.1) is 11.1 Å². The van der Waals surface area contributed by atoms with Crippen molar-refractivity contribution in [3.63, 3.8) is 0 Å². The number of oxazole rings is 1. The van der Waals surface area contributed by atoms with Crippen molar-refractivity contribution in [1.82, 2.24) is 15.2 Å². The lowest BCUT2D eigenvalue weighted by molar-refractivity contribution is 0.0606. The second-order valence-corrected chi connectivity index (χ2v) is 9.82. The molecule has 3 aromatic rings. The fraction of sp³-hybridized carbons (Fsp3) is 0.333. The van der Waals surface area contributed by atoms with Crippen LogP contribution in [0.25, 0.3) is 11.5 Å². The lowest BCUT2D eigenvalue weighted by Gasteiger charge is -2.44. The van der Waals surface area contributed by atoms with Crippen LogP contribution in [0.1, 0.15) is 29.0 Å². The third kappa shape index (κ3) is 5.87. The van der Waals surface area contributed by atoms with Gasteiger partial charge in [-0.2, -0.15) is 8.42 Å².